The number of carbonyl (C=O) groups is 1. The molecule has 0 unspecified atom stereocenters. The molecule has 8 heteroatoms. The Morgan fingerprint density at radius 3 is 2.67 bits per heavy atom. The number of hydrogen-bond donors (Lipinski definition) is 2. The lowest BCUT2D eigenvalue weighted by atomic mass is 10.0. The van der Waals surface area contributed by atoms with Gasteiger partial charge in [0.15, 0.2) is 0 Å². The van der Waals surface area contributed by atoms with Gasteiger partial charge in [0.25, 0.3) is 0 Å². The van der Waals surface area contributed by atoms with Crippen LogP contribution in [0.15, 0.2) is 17.1 Å². The number of aromatic nitrogens is 1. The Morgan fingerprint density at radius 2 is 2.07 bits per heavy atom. The lowest BCUT2D eigenvalue weighted by Crippen LogP contribution is -2.34. The highest BCUT2D eigenvalue weighted by Crippen LogP contribution is 2.41. The van der Waals surface area contributed by atoms with E-state index in [1.165, 1.54) is 6.20 Å². The molecule has 2 aliphatic rings. The number of rotatable bonds is 6. The van der Waals surface area contributed by atoms with E-state index in [1.807, 2.05) is 11.5 Å². The first-order chi connectivity index (χ1) is 14.4. The van der Waals surface area contributed by atoms with Crippen LogP contribution in [-0.2, 0) is 11.3 Å². The molecular weight excluding hydrogens is 391 g/mol. The van der Waals surface area contributed by atoms with Crippen molar-refractivity contribution in [3.05, 3.63) is 39.4 Å². The van der Waals surface area contributed by atoms with Gasteiger partial charge in [-0.15, -0.1) is 0 Å². The second kappa shape index (κ2) is 8.00. The number of aliphatic hydroxyl groups is 2. The molecule has 30 heavy (non-hydrogen) atoms. The predicted molar refractivity (Wildman–Crippen MR) is 110 cm³/mol. The number of halogens is 1. The van der Waals surface area contributed by atoms with Crippen LogP contribution in [0.5, 0.6) is 0 Å². The van der Waals surface area contributed by atoms with Crippen molar-refractivity contribution >= 4 is 22.6 Å². The van der Waals surface area contributed by atoms with E-state index in [0.29, 0.717) is 17.6 Å². The number of anilines is 1. The predicted octanol–water partition coefficient (Wildman–Crippen LogP) is 2.35. The summed E-state index contributed by atoms with van der Waals surface area (Å²) in [5, 5.41) is 20.1. The zero-order chi connectivity index (χ0) is 21.6. The maximum atomic E-state index is 15.4. The standard InChI is InChI=1S/C22H27FN2O5/c1-3-30-22(29)16-9-25(13-4-5-13)19-15(21(16)28)7-18(23)20(17(19)11-27)24-8-12(2)6-14(24)10-26/h7,9,12-14,26-27H,3-6,8,10-11H2,1-2H3/t12-,14+/m1/s1. The zero-order valence-electron chi connectivity index (χ0n) is 17.2. The van der Waals surface area contributed by atoms with Gasteiger partial charge in [-0.3, -0.25) is 4.79 Å². The lowest BCUT2D eigenvalue weighted by Gasteiger charge is -2.29. The van der Waals surface area contributed by atoms with Crippen LogP contribution in [0.4, 0.5) is 10.1 Å². The van der Waals surface area contributed by atoms with Crippen LogP contribution < -0.4 is 10.3 Å². The number of ether oxygens (including phenoxy) is 1. The topological polar surface area (TPSA) is 92.0 Å². The molecule has 2 N–H and O–H groups in total. The van der Waals surface area contributed by atoms with E-state index in [1.54, 1.807) is 11.8 Å². The van der Waals surface area contributed by atoms with Crippen molar-refractivity contribution in [2.45, 2.75) is 51.8 Å². The molecule has 0 amide bonds. The lowest BCUT2D eigenvalue weighted by molar-refractivity contribution is 0.0524. The Labute approximate surface area is 173 Å². The number of aliphatic hydroxyl groups excluding tert-OH is 2. The highest BCUT2D eigenvalue weighted by Gasteiger charge is 2.35. The third kappa shape index (κ3) is 3.37. The molecule has 1 aliphatic heterocycles. The summed E-state index contributed by atoms with van der Waals surface area (Å²) in [5.74, 6) is -1.11. The zero-order valence-corrected chi connectivity index (χ0v) is 17.2. The summed E-state index contributed by atoms with van der Waals surface area (Å²) in [4.78, 5) is 27.2. The molecule has 1 saturated heterocycles. The Bertz CT molecular complexity index is 1050. The van der Waals surface area contributed by atoms with Crippen LogP contribution in [0.25, 0.3) is 10.9 Å². The fraction of sp³-hybridized carbons (Fsp3) is 0.545. The summed E-state index contributed by atoms with van der Waals surface area (Å²) in [6, 6.07) is 0.985. The van der Waals surface area contributed by atoms with Crippen molar-refractivity contribution in [2.24, 2.45) is 5.92 Å². The second-order valence-corrected chi connectivity index (χ2v) is 8.30. The van der Waals surface area contributed by atoms with Crippen molar-refractivity contribution in [1.29, 1.82) is 0 Å². The van der Waals surface area contributed by atoms with Crippen LogP contribution in [-0.4, -0.2) is 46.5 Å². The van der Waals surface area contributed by atoms with Gasteiger partial charge in [-0.2, -0.15) is 0 Å². The normalized spacial score (nSPS) is 21.4. The number of pyridine rings is 1. The van der Waals surface area contributed by atoms with Crippen LogP contribution in [0, 0.1) is 11.7 Å². The summed E-state index contributed by atoms with van der Waals surface area (Å²) < 4.78 is 22.2. The molecule has 2 fully saturated rings. The fourth-order valence-electron chi connectivity index (χ4n) is 4.61. The first-order valence-electron chi connectivity index (χ1n) is 10.5. The molecule has 0 spiro atoms. The van der Waals surface area contributed by atoms with Crippen LogP contribution in [0.3, 0.4) is 0 Å². The number of hydrogen-bond acceptors (Lipinski definition) is 6. The fourth-order valence-corrected chi connectivity index (χ4v) is 4.61. The molecular formula is C22H27FN2O5. The van der Waals surface area contributed by atoms with Gasteiger partial charge >= 0.3 is 5.97 Å². The molecule has 1 aromatic carbocycles. The van der Waals surface area contributed by atoms with E-state index in [9.17, 15) is 19.8 Å². The number of fused-ring (bicyclic) bond motifs is 1. The number of nitrogens with zero attached hydrogens (tertiary/aromatic N) is 2. The number of esters is 1. The molecule has 0 bridgehead atoms. The van der Waals surface area contributed by atoms with E-state index in [0.717, 1.165) is 25.3 Å². The van der Waals surface area contributed by atoms with Gasteiger partial charge in [0.2, 0.25) is 5.43 Å². The summed E-state index contributed by atoms with van der Waals surface area (Å²) in [6.45, 7) is 3.79. The maximum Gasteiger partial charge on any atom is 0.343 e. The SMILES string of the molecule is CCOC(=O)c1cn(C2CC2)c2c(CO)c(N3C[C@H](C)C[C@H]3CO)c(F)cc2c1=O. The molecule has 2 aromatic rings. The van der Waals surface area contributed by atoms with Gasteiger partial charge in [-0.05, 0) is 38.2 Å². The second-order valence-electron chi connectivity index (χ2n) is 8.30. The van der Waals surface area contributed by atoms with E-state index in [2.05, 4.69) is 0 Å². The average molecular weight is 418 g/mol. The summed E-state index contributed by atoms with van der Waals surface area (Å²) in [6.07, 6.45) is 3.95. The highest BCUT2D eigenvalue weighted by molar-refractivity contribution is 5.96. The quantitative estimate of drug-likeness (QED) is 0.700. The Morgan fingerprint density at radius 1 is 1.33 bits per heavy atom. The molecule has 7 nitrogen and oxygen atoms in total. The average Bonchev–Trinajstić information content (AvgIpc) is 3.49. The monoisotopic (exact) mass is 418 g/mol. The van der Waals surface area contributed by atoms with Crippen molar-refractivity contribution in [2.75, 3.05) is 24.7 Å². The molecule has 1 aromatic heterocycles. The Kier molecular flexibility index (Phi) is 5.55. The van der Waals surface area contributed by atoms with Crippen LogP contribution in [0.1, 0.15) is 55.1 Å². The van der Waals surface area contributed by atoms with Gasteiger partial charge in [0.05, 0.1) is 37.1 Å². The number of benzene rings is 1. The van der Waals surface area contributed by atoms with E-state index in [-0.39, 0.29) is 47.9 Å². The third-order valence-electron chi connectivity index (χ3n) is 6.06. The van der Waals surface area contributed by atoms with Gasteiger partial charge in [0, 0.05) is 29.7 Å². The first kappa shape index (κ1) is 20.8. The number of carbonyl (C=O) groups excluding carboxylic acids is 1. The summed E-state index contributed by atoms with van der Waals surface area (Å²) in [5.41, 5.74) is 0.262. The first-order valence-corrected chi connectivity index (χ1v) is 10.5. The largest absolute Gasteiger partial charge is 0.462 e. The minimum absolute atomic E-state index is 0.0607. The molecule has 2 atom stereocenters. The Hall–Kier alpha value is -2.45. The van der Waals surface area contributed by atoms with Gasteiger partial charge in [0.1, 0.15) is 11.4 Å². The van der Waals surface area contributed by atoms with Crippen molar-refractivity contribution < 1.29 is 24.1 Å². The van der Waals surface area contributed by atoms with E-state index >= 15 is 4.39 Å². The maximum absolute atomic E-state index is 15.4. The van der Waals surface area contributed by atoms with Gasteiger partial charge in [-0.1, -0.05) is 6.92 Å². The minimum atomic E-state index is -0.734. The summed E-state index contributed by atoms with van der Waals surface area (Å²) >= 11 is 0. The van der Waals surface area contributed by atoms with E-state index in [4.69, 9.17) is 4.74 Å². The summed E-state index contributed by atoms with van der Waals surface area (Å²) in [7, 11) is 0. The van der Waals surface area contributed by atoms with Crippen molar-refractivity contribution in [1.82, 2.24) is 4.57 Å². The smallest absolute Gasteiger partial charge is 0.343 e. The molecule has 1 aliphatic carbocycles. The molecule has 162 valence electrons. The highest BCUT2D eigenvalue weighted by atomic mass is 19.1. The molecule has 4 rings (SSSR count). The van der Waals surface area contributed by atoms with E-state index < -0.39 is 23.8 Å². The molecule has 2 heterocycles. The van der Waals surface area contributed by atoms with Crippen molar-refractivity contribution in [3.8, 4) is 0 Å². The van der Waals surface area contributed by atoms with Crippen LogP contribution in [0.2, 0.25) is 0 Å². The molecule has 1 saturated carbocycles. The van der Waals surface area contributed by atoms with Gasteiger partial charge in [-0.25, -0.2) is 9.18 Å². The van der Waals surface area contributed by atoms with Crippen molar-refractivity contribution in [3.63, 3.8) is 0 Å². The Balaban J connectivity index is 2.00. The molecule has 0 radical (unpaired) electrons. The minimum Gasteiger partial charge on any atom is -0.462 e. The van der Waals surface area contributed by atoms with Crippen LogP contribution >= 0.6 is 0 Å². The third-order valence-corrected chi connectivity index (χ3v) is 6.06. The van der Waals surface area contributed by atoms with Gasteiger partial charge < -0.3 is 24.4 Å².